The summed E-state index contributed by atoms with van der Waals surface area (Å²) < 4.78 is 5.29. The predicted molar refractivity (Wildman–Crippen MR) is 94.4 cm³/mol. The first kappa shape index (κ1) is 17.0. The maximum atomic E-state index is 13.0. The van der Waals surface area contributed by atoms with Gasteiger partial charge in [-0.25, -0.2) is 0 Å². The van der Waals surface area contributed by atoms with Gasteiger partial charge in [-0.05, 0) is 50.8 Å². The van der Waals surface area contributed by atoms with Crippen molar-refractivity contribution in [2.24, 2.45) is 0 Å². The number of aromatic nitrogens is 1. The molecule has 1 aliphatic rings. The zero-order valence-corrected chi connectivity index (χ0v) is 15.0. The van der Waals surface area contributed by atoms with Crippen LogP contribution in [0.1, 0.15) is 40.0 Å². The van der Waals surface area contributed by atoms with Crippen LogP contribution in [0.25, 0.3) is 10.9 Å². The number of aromatic amines is 1. The van der Waals surface area contributed by atoms with E-state index in [0.29, 0.717) is 5.69 Å². The number of methoxy groups -OCH3 is 1. The fourth-order valence-corrected chi connectivity index (χ4v) is 3.93. The van der Waals surface area contributed by atoms with Gasteiger partial charge in [0, 0.05) is 25.1 Å². The number of aliphatic hydroxyl groups is 1. The van der Waals surface area contributed by atoms with Crippen LogP contribution in [0.3, 0.4) is 0 Å². The fraction of sp³-hybridized carbons (Fsp3) is 0.526. The first-order chi connectivity index (χ1) is 11.3. The number of aliphatic hydroxyl groups excluding tert-OH is 1. The minimum absolute atomic E-state index is 0.0819. The van der Waals surface area contributed by atoms with E-state index in [1.54, 1.807) is 19.1 Å². The number of likely N-dealkylation sites (N-methyl/N-ethyl adjacent to an activating group) is 1. The molecule has 1 amide bonds. The molecule has 1 fully saturated rings. The maximum absolute atomic E-state index is 13.0. The van der Waals surface area contributed by atoms with Gasteiger partial charge < -0.3 is 19.7 Å². The molecule has 2 N–H and O–H groups in total. The highest BCUT2D eigenvalue weighted by Crippen LogP contribution is 2.30. The summed E-state index contributed by atoms with van der Waals surface area (Å²) >= 11 is 0. The molecule has 0 spiro atoms. The molecule has 3 atom stereocenters. The van der Waals surface area contributed by atoms with E-state index in [4.69, 9.17) is 4.74 Å². The van der Waals surface area contributed by atoms with Gasteiger partial charge >= 0.3 is 0 Å². The van der Waals surface area contributed by atoms with Crippen molar-refractivity contribution in [3.8, 4) is 0 Å². The zero-order valence-electron chi connectivity index (χ0n) is 15.0. The molecule has 130 valence electrons. The summed E-state index contributed by atoms with van der Waals surface area (Å²) in [4.78, 5) is 18.0. The Hall–Kier alpha value is -1.85. The molecule has 24 heavy (non-hydrogen) atoms. The third-order valence-electron chi connectivity index (χ3n) is 5.37. The first-order valence-electron chi connectivity index (χ1n) is 8.42. The van der Waals surface area contributed by atoms with E-state index >= 15 is 0 Å². The summed E-state index contributed by atoms with van der Waals surface area (Å²) in [5, 5.41) is 11.5. The van der Waals surface area contributed by atoms with Gasteiger partial charge in [0.05, 0.1) is 12.1 Å². The molecule has 0 unspecified atom stereocenters. The van der Waals surface area contributed by atoms with E-state index in [0.717, 1.165) is 34.9 Å². The number of fused-ring (bicyclic) bond motifs is 1. The molecule has 1 aromatic carbocycles. The highest BCUT2D eigenvalue weighted by Gasteiger charge is 2.39. The molecule has 2 aromatic rings. The van der Waals surface area contributed by atoms with E-state index in [2.05, 4.69) is 24.0 Å². The third kappa shape index (κ3) is 2.62. The lowest BCUT2D eigenvalue weighted by Crippen LogP contribution is -2.44. The number of hydrogen-bond donors (Lipinski definition) is 2. The minimum Gasteiger partial charge on any atom is -0.388 e. The van der Waals surface area contributed by atoms with Gasteiger partial charge in [-0.3, -0.25) is 4.79 Å². The number of amides is 1. The van der Waals surface area contributed by atoms with Crippen molar-refractivity contribution in [2.45, 2.75) is 51.9 Å². The van der Waals surface area contributed by atoms with Gasteiger partial charge in [-0.1, -0.05) is 11.6 Å². The standard InChI is InChI=1S/C19H26N2O3/c1-10-8-11(2)16-13(9-10)12(3)17(20-16)19(23)21(4)14-6-7-15(24-5)18(14)22/h8-9,14-15,18,20,22H,6-7H2,1-5H3/t14-,15-,18-/m1/s1. The summed E-state index contributed by atoms with van der Waals surface area (Å²) in [6.45, 7) is 6.08. The van der Waals surface area contributed by atoms with Crippen LogP contribution in [0.4, 0.5) is 0 Å². The third-order valence-corrected chi connectivity index (χ3v) is 5.37. The lowest BCUT2D eigenvalue weighted by molar-refractivity contribution is -0.0156. The molecule has 5 nitrogen and oxygen atoms in total. The largest absolute Gasteiger partial charge is 0.388 e. The Balaban J connectivity index is 1.94. The number of carbonyl (C=O) groups excluding carboxylic acids is 1. The van der Waals surface area contributed by atoms with Crippen LogP contribution in [-0.2, 0) is 4.74 Å². The number of nitrogens with zero attached hydrogens (tertiary/aromatic N) is 1. The lowest BCUT2D eigenvalue weighted by Gasteiger charge is -2.28. The second kappa shape index (κ2) is 6.22. The van der Waals surface area contributed by atoms with Crippen molar-refractivity contribution in [3.05, 3.63) is 34.5 Å². The normalized spacial score (nSPS) is 23.8. The highest BCUT2D eigenvalue weighted by atomic mass is 16.5. The van der Waals surface area contributed by atoms with E-state index in [-0.39, 0.29) is 18.1 Å². The maximum Gasteiger partial charge on any atom is 0.270 e. The fourth-order valence-electron chi connectivity index (χ4n) is 3.93. The number of aryl methyl sites for hydroxylation is 3. The van der Waals surface area contributed by atoms with E-state index in [1.807, 2.05) is 13.8 Å². The Morgan fingerprint density at radius 3 is 2.62 bits per heavy atom. The SMILES string of the molecule is CO[C@@H]1CC[C@@H](N(C)C(=O)c2[nH]c3c(C)cc(C)cc3c2C)[C@H]1O. The number of benzene rings is 1. The van der Waals surface area contributed by atoms with Gasteiger partial charge in [0.1, 0.15) is 11.8 Å². The van der Waals surface area contributed by atoms with Crippen molar-refractivity contribution >= 4 is 16.8 Å². The lowest BCUT2D eigenvalue weighted by atomic mass is 10.1. The van der Waals surface area contributed by atoms with Crippen LogP contribution < -0.4 is 0 Å². The molecule has 0 bridgehead atoms. The van der Waals surface area contributed by atoms with Crippen molar-refractivity contribution in [3.63, 3.8) is 0 Å². The summed E-state index contributed by atoms with van der Waals surface area (Å²) in [5.74, 6) is -0.0819. The molecule has 1 heterocycles. The molecule has 5 heteroatoms. The summed E-state index contributed by atoms with van der Waals surface area (Å²) in [6, 6.07) is 4.01. The molecule has 1 aliphatic carbocycles. The van der Waals surface area contributed by atoms with Crippen molar-refractivity contribution in [2.75, 3.05) is 14.2 Å². The van der Waals surface area contributed by atoms with E-state index in [1.165, 1.54) is 5.56 Å². The zero-order chi connectivity index (χ0) is 17.6. The molecular weight excluding hydrogens is 304 g/mol. The number of carbonyl (C=O) groups is 1. The van der Waals surface area contributed by atoms with Crippen LogP contribution in [0.5, 0.6) is 0 Å². The topological polar surface area (TPSA) is 65.6 Å². The molecular formula is C19H26N2O3. The predicted octanol–water partition coefficient (Wildman–Crippen LogP) is 2.70. The summed E-state index contributed by atoms with van der Waals surface area (Å²) in [5.41, 5.74) is 4.90. The van der Waals surface area contributed by atoms with Gasteiger partial charge in [-0.2, -0.15) is 0 Å². The molecule has 0 aliphatic heterocycles. The minimum atomic E-state index is -0.641. The first-order valence-corrected chi connectivity index (χ1v) is 8.42. The second-order valence-electron chi connectivity index (χ2n) is 6.95. The Bertz CT molecular complexity index is 781. The van der Waals surface area contributed by atoms with Crippen LogP contribution >= 0.6 is 0 Å². The summed E-state index contributed by atoms with van der Waals surface area (Å²) in [7, 11) is 3.36. The monoisotopic (exact) mass is 330 g/mol. The van der Waals surface area contributed by atoms with Gasteiger partial charge in [0.25, 0.3) is 5.91 Å². The van der Waals surface area contributed by atoms with Crippen molar-refractivity contribution in [1.29, 1.82) is 0 Å². The number of ether oxygens (including phenoxy) is 1. The quantitative estimate of drug-likeness (QED) is 0.909. The number of nitrogens with one attached hydrogen (secondary N) is 1. The van der Waals surface area contributed by atoms with Crippen LogP contribution in [0, 0.1) is 20.8 Å². The van der Waals surface area contributed by atoms with E-state index < -0.39 is 6.10 Å². The second-order valence-corrected chi connectivity index (χ2v) is 6.95. The Morgan fingerprint density at radius 1 is 1.29 bits per heavy atom. The average molecular weight is 330 g/mol. The van der Waals surface area contributed by atoms with Crippen LogP contribution in [0.2, 0.25) is 0 Å². The molecule has 1 aromatic heterocycles. The molecule has 1 saturated carbocycles. The Morgan fingerprint density at radius 2 is 2.00 bits per heavy atom. The number of hydrogen-bond acceptors (Lipinski definition) is 3. The van der Waals surface area contributed by atoms with Crippen LogP contribution in [0.15, 0.2) is 12.1 Å². The molecule has 0 radical (unpaired) electrons. The Kier molecular flexibility index (Phi) is 4.40. The van der Waals surface area contributed by atoms with Crippen molar-refractivity contribution in [1.82, 2.24) is 9.88 Å². The highest BCUT2D eigenvalue weighted by molar-refractivity contribution is 6.01. The molecule has 3 rings (SSSR count). The van der Waals surface area contributed by atoms with Crippen molar-refractivity contribution < 1.29 is 14.6 Å². The van der Waals surface area contributed by atoms with Crippen LogP contribution in [-0.4, -0.2) is 53.3 Å². The van der Waals surface area contributed by atoms with Gasteiger partial charge in [-0.15, -0.1) is 0 Å². The summed E-state index contributed by atoms with van der Waals surface area (Å²) in [6.07, 6.45) is 0.681. The van der Waals surface area contributed by atoms with E-state index in [9.17, 15) is 9.90 Å². The van der Waals surface area contributed by atoms with Gasteiger partial charge in [0.15, 0.2) is 0 Å². The molecule has 0 saturated heterocycles. The van der Waals surface area contributed by atoms with Gasteiger partial charge in [0.2, 0.25) is 0 Å². The smallest absolute Gasteiger partial charge is 0.270 e. The average Bonchev–Trinajstić information content (AvgIpc) is 3.07. The number of rotatable bonds is 3. The number of H-pyrrole nitrogens is 1. The Labute approximate surface area is 142 Å².